The average molecular weight is 352 g/mol. The van der Waals surface area contributed by atoms with Gasteiger partial charge in [0, 0.05) is 44.6 Å². The van der Waals surface area contributed by atoms with Crippen molar-refractivity contribution < 1.29 is 9.53 Å². The van der Waals surface area contributed by atoms with Crippen LogP contribution < -0.4 is 15.0 Å². The first kappa shape index (κ1) is 16.7. The fourth-order valence-corrected chi connectivity index (χ4v) is 3.32. The number of nitrogens with zero attached hydrogens (tertiary/aromatic N) is 3. The van der Waals surface area contributed by atoms with E-state index in [1.54, 1.807) is 19.5 Å². The van der Waals surface area contributed by atoms with E-state index in [9.17, 15) is 4.79 Å². The molecule has 1 amide bonds. The van der Waals surface area contributed by atoms with Crippen molar-refractivity contribution in [3.8, 4) is 5.75 Å². The van der Waals surface area contributed by atoms with E-state index in [2.05, 4.69) is 21.3 Å². The van der Waals surface area contributed by atoms with Gasteiger partial charge in [0.05, 0.1) is 24.0 Å². The zero-order valence-corrected chi connectivity index (χ0v) is 15.0. The third-order valence-corrected chi connectivity index (χ3v) is 4.93. The number of piperazine rings is 1. The van der Waals surface area contributed by atoms with Crippen LogP contribution in [0.5, 0.6) is 5.75 Å². The van der Waals surface area contributed by atoms with E-state index in [-0.39, 0.29) is 5.91 Å². The Morgan fingerprint density at radius 1 is 1.15 bits per heavy atom. The van der Waals surface area contributed by atoms with Gasteiger partial charge in [0.15, 0.2) is 0 Å². The molecule has 4 rings (SSSR count). The number of carbonyl (C=O) groups excluding carboxylic acids is 1. The number of hydrogen-bond acceptors (Lipinski definition) is 5. The molecule has 1 N–H and O–H groups in total. The number of benzene rings is 1. The lowest BCUT2D eigenvalue weighted by atomic mass is 10.2. The van der Waals surface area contributed by atoms with Crippen LogP contribution in [-0.2, 0) is 0 Å². The molecule has 1 saturated carbocycles. The highest BCUT2D eigenvalue weighted by Gasteiger charge is 2.25. The number of anilines is 2. The first-order valence-electron chi connectivity index (χ1n) is 9.13. The van der Waals surface area contributed by atoms with Crippen molar-refractivity contribution in [1.82, 2.24) is 9.88 Å². The molecule has 136 valence electrons. The van der Waals surface area contributed by atoms with Gasteiger partial charge in [0.25, 0.3) is 5.91 Å². The highest BCUT2D eigenvalue weighted by Crippen LogP contribution is 2.29. The number of ether oxygens (including phenoxy) is 1. The lowest BCUT2D eigenvalue weighted by Gasteiger charge is -2.36. The summed E-state index contributed by atoms with van der Waals surface area (Å²) in [6.07, 6.45) is 5.84. The molecule has 6 nitrogen and oxygen atoms in total. The summed E-state index contributed by atoms with van der Waals surface area (Å²) >= 11 is 0. The van der Waals surface area contributed by atoms with Crippen LogP contribution in [0.1, 0.15) is 23.2 Å². The van der Waals surface area contributed by atoms with E-state index in [1.165, 1.54) is 12.8 Å². The molecular formula is C20H24N4O2. The smallest absolute Gasteiger partial charge is 0.255 e. The molecule has 1 saturated heterocycles. The minimum atomic E-state index is 0.0524. The van der Waals surface area contributed by atoms with Gasteiger partial charge in [-0.1, -0.05) is 12.1 Å². The molecule has 26 heavy (non-hydrogen) atoms. The highest BCUT2D eigenvalue weighted by molar-refractivity contribution is 5.95. The second-order valence-corrected chi connectivity index (χ2v) is 6.83. The maximum Gasteiger partial charge on any atom is 0.255 e. The van der Waals surface area contributed by atoms with Crippen LogP contribution in [0.15, 0.2) is 42.7 Å². The Bertz CT molecular complexity index is 783. The minimum absolute atomic E-state index is 0.0524. The number of pyridine rings is 1. The molecule has 1 aromatic carbocycles. The molecule has 2 aromatic rings. The quantitative estimate of drug-likeness (QED) is 0.896. The molecule has 0 bridgehead atoms. The summed E-state index contributed by atoms with van der Waals surface area (Å²) in [5.41, 5.74) is 2.67. The van der Waals surface area contributed by atoms with Gasteiger partial charge in [0.2, 0.25) is 0 Å². The van der Waals surface area contributed by atoms with Crippen molar-refractivity contribution in [3.05, 3.63) is 48.3 Å². The van der Waals surface area contributed by atoms with Crippen LogP contribution in [0.25, 0.3) is 0 Å². The molecule has 2 fully saturated rings. The number of nitrogens with one attached hydrogen (secondary N) is 1. The number of methoxy groups -OCH3 is 1. The molecule has 1 aliphatic heterocycles. The van der Waals surface area contributed by atoms with E-state index in [0.717, 1.165) is 30.2 Å². The van der Waals surface area contributed by atoms with Crippen molar-refractivity contribution in [2.24, 2.45) is 0 Å². The van der Waals surface area contributed by atoms with Crippen molar-refractivity contribution in [1.29, 1.82) is 0 Å². The van der Waals surface area contributed by atoms with Crippen LogP contribution in [-0.4, -0.2) is 55.1 Å². The molecule has 0 radical (unpaired) electrons. The van der Waals surface area contributed by atoms with E-state index in [1.807, 2.05) is 29.2 Å². The normalized spacial score (nSPS) is 17.1. The summed E-state index contributed by atoms with van der Waals surface area (Å²) in [6.45, 7) is 2.97. The lowest BCUT2D eigenvalue weighted by Crippen LogP contribution is -2.48. The maximum atomic E-state index is 12.8. The van der Waals surface area contributed by atoms with Gasteiger partial charge in [0.1, 0.15) is 5.75 Å². The van der Waals surface area contributed by atoms with E-state index in [4.69, 9.17) is 4.74 Å². The Morgan fingerprint density at radius 2 is 1.92 bits per heavy atom. The SMILES string of the molecule is COc1ccccc1N1CCN(C(=O)c2cncc(NC3CC3)c2)CC1. The number of hydrogen-bond donors (Lipinski definition) is 1. The summed E-state index contributed by atoms with van der Waals surface area (Å²) in [4.78, 5) is 21.2. The summed E-state index contributed by atoms with van der Waals surface area (Å²) in [6, 6.07) is 10.5. The Balaban J connectivity index is 1.40. The molecule has 0 atom stereocenters. The minimum Gasteiger partial charge on any atom is -0.495 e. The van der Waals surface area contributed by atoms with Crippen molar-refractivity contribution in [2.45, 2.75) is 18.9 Å². The molecule has 6 heteroatoms. The second-order valence-electron chi connectivity index (χ2n) is 6.83. The second kappa shape index (κ2) is 7.23. The third kappa shape index (κ3) is 3.59. The Labute approximate surface area is 153 Å². The van der Waals surface area contributed by atoms with Gasteiger partial charge in [-0.3, -0.25) is 9.78 Å². The van der Waals surface area contributed by atoms with Crippen LogP contribution in [0.3, 0.4) is 0 Å². The third-order valence-electron chi connectivity index (χ3n) is 4.93. The number of aromatic nitrogens is 1. The predicted octanol–water partition coefficient (Wildman–Crippen LogP) is 2.63. The summed E-state index contributed by atoms with van der Waals surface area (Å²) in [5.74, 6) is 0.923. The highest BCUT2D eigenvalue weighted by atomic mass is 16.5. The summed E-state index contributed by atoms with van der Waals surface area (Å²) in [5, 5.41) is 3.40. The van der Waals surface area contributed by atoms with Gasteiger partial charge in [-0.2, -0.15) is 0 Å². The zero-order valence-electron chi connectivity index (χ0n) is 15.0. The Morgan fingerprint density at radius 3 is 2.65 bits per heavy atom. The Kier molecular flexibility index (Phi) is 4.65. The monoisotopic (exact) mass is 352 g/mol. The molecule has 2 aliphatic rings. The van der Waals surface area contributed by atoms with E-state index in [0.29, 0.717) is 24.7 Å². The zero-order chi connectivity index (χ0) is 17.9. The van der Waals surface area contributed by atoms with Crippen LogP contribution in [0.2, 0.25) is 0 Å². The largest absolute Gasteiger partial charge is 0.495 e. The standard InChI is InChI=1S/C20H24N4O2/c1-26-19-5-3-2-4-18(19)23-8-10-24(11-9-23)20(25)15-12-17(14-21-13-15)22-16-6-7-16/h2-5,12-14,16,22H,6-11H2,1H3. The number of amides is 1. The molecule has 1 aromatic heterocycles. The fraction of sp³-hybridized carbons (Fsp3) is 0.400. The molecular weight excluding hydrogens is 328 g/mol. The summed E-state index contributed by atoms with van der Waals surface area (Å²) in [7, 11) is 1.69. The average Bonchev–Trinajstić information content (AvgIpc) is 3.52. The number of para-hydroxylation sites is 2. The molecule has 0 spiro atoms. The van der Waals surface area contributed by atoms with E-state index >= 15 is 0 Å². The summed E-state index contributed by atoms with van der Waals surface area (Å²) < 4.78 is 5.45. The topological polar surface area (TPSA) is 57.7 Å². The van der Waals surface area contributed by atoms with E-state index < -0.39 is 0 Å². The first-order valence-corrected chi connectivity index (χ1v) is 9.13. The Hall–Kier alpha value is -2.76. The van der Waals surface area contributed by atoms with Gasteiger partial charge in [-0.15, -0.1) is 0 Å². The molecule has 1 aliphatic carbocycles. The molecule has 2 heterocycles. The van der Waals surface area contributed by atoms with Gasteiger partial charge in [-0.05, 0) is 31.0 Å². The van der Waals surface area contributed by atoms with Crippen molar-refractivity contribution >= 4 is 17.3 Å². The number of rotatable bonds is 5. The van der Waals surface area contributed by atoms with Crippen molar-refractivity contribution in [3.63, 3.8) is 0 Å². The van der Waals surface area contributed by atoms with Crippen LogP contribution in [0.4, 0.5) is 11.4 Å². The first-order chi connectivity index (χ1) is 12.7. The predicted molar refractivity (Wildman–Crippen MR) is 102 cm³/mol. The fourth-order valence-electron chi connectivity index (χ4n) is 3.32. The molecule has 0 unspecified atom stereocenters. The van der Waals surface area contributed by atoms with Gasteiger partial charge < -0.3 is 19.9 Å². The number of carbonyl (C=O) groups is 1. The maximum absolute atomic E-state index is 12.8. The van der Waals surface area contributed by atoms with Gasteiger partial charge in [-0.25, -0.2) is 0 Å². The van der Waals surface area contributed by atoms with Gasteiger partial charge >= 0.3 is 0 Å². The van der Waals surface area contributed by atoms with Crippen LogP contribution >= 0.6 is 0 Å². The lowest BCUT2D eigenvalue weighted by molar-refractivity contribution is 0.0746. The van der Waals surface area contributed by atoms with Crippen LogP contribution in [0, 0.1) is 0 Å². The van der Waals surface area contributed by atoms with Crippen molar-refractivity contribution in [2.75, 3.05) is 43.5 Å².